The fourth-order valence-corrected chi connectivity index (χ4v) is 2.32. The Labute approximate surface area is 142 Å². The van der Waals surface area contributed by atoms with Crippen LogP contribution < -0.4 is 5.32 Å². The first-order valence-electron chi connectivity index (χ1n) is 7.91. The Balaban J connectivity index is 2.31. The molecule has 0 aliphatic carbocycles. The van der Waals surface area contributed by atoms with E-state index in [1.165, 1.54) is 0 Å². The zero-order valence-electron chi connectivity index (χ0n) is 14.5. The van der Waals surface area contributed by atoms with Gasteiger partial charge in [-0.2, -0.15) is 0 Å². The molecule has 24 heavy (non-hydrogen) atoms. The van der Waals surface area contributed by atoms with Gasteiger partial charge in [-0.3, -0.25) is 4.79 Å². The van der Waals surface area contributed by atoms with Crippen molar-refractivity contribution in [2.45, 2.75) is 39.3 Å². The highest BCUT2D eigenvalue weighted by Crippen LogP contribution is 2.24. The van der Waals surface area contributed by atoms with E-state index in [1.54, 1.807) is 30.3 Å². The Morgan fingerprint density at radius 3 is 2.12 bits per heavy atom. The second kappa shape index (κ2) is 7.30. The molecule has 1 atom stereocenters. The molecule has 0 heterocycles. The first-order chi connectivity index (χ1) is 11.3. The number of amides is 1. The number of hydrogen-bond acceptors (Lipinski definition) is 3. The van der Waals surface area contributed by atoms with Crippen LogP contribution in [0, 0.1) is 6.92 Å². The van der Waals surface area contributed by atoms with Gasteiger partial charge in [0.25, 0.3) is 5.91 Å². The Hall–Kier alpha value is -2.62. The van der Waals surface area contributed by atoms with Crippen molar-refractivity contribution in [2.75, 3.05) is 0 Å². The van der Waals surface area contributed by atoms with Crippen molar-refractivity contribution in [3.8, 4) is 0 Å². The second-order valence-corrected chi connectivity index (χ2v) is 6.75. The minimum atomic E-state index is -0.988. The van der Waals surface area contributed by atoms with Gasteiger partial charge in [-0.1, -0.05) is 42.5 Å². The fourth-order valence-electron chi connectivity index (χ4n) is 2.32. The van der Waals surface area contributed by atoms with E-state index in [2.05, 4.69) is 5.32 Å². The normalized spacial score (nSPS) is 12.3. The molecule has 0 radical (unpaired) electrons. The average Bonchev–Trinajstić information content (AvgIpc) is 2.52. The molecule has 0 aliphatic rings. The summed E-state index contributed by atoms with van der Waals surface area (Å²) in [7, 11) is 0. The topological polar surface area (TPSA) is 55.4 Å². The van der Waals surface area contributed by atoms with E-state index in [0.29, 0.717) is 11.1 Å². The number of carbonyl (C=O) groups excluding carboxylic acids is 2. The first-order valence-corrected chi connectivity index (χ1v) is 7.91. The summed E-state index contributed by atoms with van der Waals surface area (Å²) in [6.45, 7) is 7.56. The summed E-state index contributed by atoms with van der Waals surface area (Å²) in [6, 6.07) is 16.1. The van der Waals surface area contributed by atoms with E-state index in [4.69, 9.17) is 4.74 Å². The molecule has 0 saturated heterocycles. The number of rotatable bonds is 4. The number of hydrogen-bond donors (Lipinski definition) is 1. The summed E-state index contributed by atoms with van der Waals surface area (Å²) < 4.78 is 5.56. The molecular weight excluding hydrogens is 302 g/mol. The molecule has 0 aliphatic heterocycles. The summed E-state index contributed by atoms with van der Waals surface area (Å²) in [5.74, 6) is -0.853. The highest BCUT2D eigenvalue weighted by Gasteiger charge is 2.29. The number of benzene rings is 2. The Morgan fingerprint density at radius 2 is 1.54 bits per heavy atom. The quantitative estimate of drug-likeness (QED) is 0.870. The lowest BCUT2D eigenvalue weighted by Gasteiger charge is -2.26. The van der Waals surface area contributed by atoms with Crippen LogP contribution in [0.3, 0.4) is 0 Å². The fraction of sp³-hybridized carbons (Fsp3) is 0.300. The van der Waals surface area contributed by atoms with Crippen LogP contribution in [-0.4, -0.2) is 17.4 Å². The maximum absolute atomic E-state index is 12.7. The third-order valence-electron chi connectivity index (χ3n) is 3.44. The number of nitrogens with one attached hydrogen (secondary N) is 1. The minimum absolute atomic E-state index is 0.332. The summed E-state index contributed by atoms with van der Waals surface area (Å²) in [6.07, 6.45) is -0.988. The predicted molar refractivity (Wildman–Crippen MR) is 93.7 cm³/mol. The van der Waals surface area contributed by atoms with E-state index < -0.39 is 17.6 Å². The molecule has 1 amide bonds. The molecule has 0 saturated carbocycles. The Bertz CT molecular complexity index is 717. The van der Waals surface area contributed by atoms with E-state index in [0.717, 1.165) is 5.56 Å². The smallest absolute Gasteiger partial charge is 0.339 e. The molecule has 2 rings (SSSR count). The summed E-state index contributed by atoms with van der Waals surface area (Å²) in [5, 5.41) is 2.89. The first kappa shape index (κ1) is 17.7. The molecule has 4 heteroatoms. The summed E-state index contributed by atoms with van der Waals surface area (Å²) >= 11 is 0. The van der Waals surface area contributed by atoms with E-state index in [1.807, 2.05) is 52.0 Å². The molecular formula is C20H23NO3. The van der Waals surface area contributed by atoms with Gasteiger partial charge in [0.05, 0.1) is 5.56 Å². The summed E-state index contributed by atoms with van der Waals surface area (Å²) in [4.78, 5) is 25.1. The lowest BCUT2D eigenvalue weighted by Crippen LogP contribution is -2.44. The third-order valence-corrected chi connectivity index (χ3v) is 3.44. The maximum atomic E-state index is 12.7. The van der Waals surface area contributed by atoms with Crippen LogP contribution in [0.25, 0.3) is 0 Å². The standard InChI is InChI=1S/C20H23NO3/c1-14-10-8-9-13-16(14)17(18(22)21-20(2,3)4)24-19(23)15-11-6-5-7-12-15/h5-13,17H,1-4H3,(H,21,22). The van der Waals surface area contributed by atoms with Gasteiger partial charge in [0.2, 0.25) is 6.10 Å². The van der Waals surface area contributed by atoms with Gasteiger partial charge in [-0.05, 0) is 45.4 Å². The van der Waals surface area contributed by atoms with Gasteiger partial charge in [-0.25, -0.2) is 4.79 Å². The SMILES string of the molecule is Cc1ccccc1C(OC(=O)c1ccccc1)C(=O)NC(C)(C)C. The molecule has 1 N–H and O–H groups in total. The van der Waals surface area contributed by atoms with Crippen molar-refractivity contribution >= 4 is 11.9 Å². The van der Waals surface area contributed by atoms with Crippen molar-refractivity contribution < 1.29 is 14.3 Å². The Morgan fingerprint density at radius 1 is 0.958 bits per heavy atom. The van der Waals surface area contributed by atoms with E-state index >= 15 is 0 Å². The van der Waals surface area contributed by atoms with E-state index in [9.17, 15) is 9.59 Å². The van der Waals surface area contributed by atoms with Crippen LogP contribution in [-0.2, 0) is 9.53 Å². The van der Waals surface area contributed by atoms with Gasteiger partial charge in [0.15, 0.2) is 0 Å². The lowest BCUT2D eigenvalue weighted by atomic mass is 10.0. The molecule has 2 aromatic rings. The van der Waals surface area contributed by atoms with Crippen molar-refractivity contribution in [3.05, 3.63) is 71.3 Å². The number of carbonyl (C=O) groups is 2. The molecule has 0 bridgehead atoms. The number of ether oxygens (including phenoxy) is 1. The van der Waals surface area contributed by atoms with Gasteiger partial charge in [-0.15, -0.1) is 0 Å². The molecule has 0 fully saturated rings. The largest absolute Gasteiger partial charge is 0.444 e. The second-order valence-electron chi connectivity index (χ2n) is 6.75. The van der Waals surface area contributed by atoms with Crippen molar-refractivity contribution in [1.82, 2.24) is 5.32 Å². The lowest BCUT2D eigenvalue weighted by molar-refractivity contribution is -0.131. The Kier molecular flexibility index (Phi) is 5.39. The zero-order chi connectivity index (χ0) is 17.7. The summed E-state index contributed by atoms with van der Waals surface area (Å²) in [5.41, 5.74) is 1.58. The molecule has 0 spiro atoms. The van der Waals surface area contributed by atoms with Gasteiger partial charge in [0, 0.05) is 11.1 Å². The van der Waals surface area contributed by atoms with Gasteiger partial charge < -0.3 is 10.1 Å². The average molecular weight is 325 g/mol. The van der Waals surface area contributed by atoms with Crippen LogP contribution in [0.15, 0.2) is 54.6 Å². The number of esters is 1. The molecule has 1 unspecified atom stereocenters. The maximum Gasteiger partial charge on any atom is 0.339 e. The van der Waals surface area contributed by atoms with Gasteiger partial charge >= 0.3 is 5.97 Å². The molecule has 4 nitrogen and oxygen atoms in total. The molecule has 2 aromatic carbocycles. The van der Waals surface area contributed by atoms with Crippen LogP contribution in [0.4, 0.5) is 0 Å². The van der Waals surface area contributed by atoms with Gasteiger partial charge in [0.1, 0.15) is 0 Å². The monoisotopic (exact) mass is 325 g/mol. The van der Waals surface area contributed by atoms with Crippen molar-refractivity contribution in [3.63, 3.8) is 0 Å². The van der Waals surface area contributed by atoms with Crippen LogP contribution in [0.5, 0.6) is 0 Å². The molecule has 126 valence electrons. The third kappa shape index (κ3) is 4.69. The molecule has 0 aromatic heterocycles. The minimum Gasteiger partial charge on any atom is -0.444 e. The van der Waals surface area contributed by atoms with Crippen LogP contribution >= 0.6 is 0 Å². The highest BCUT2D eigenvalue weighted by molar-refractivity contribution is 5.92. The predicted octanol–water partition coefficient (Wildman–Crippen LogP) is 3.81. The van der Waals surface area contributed by atoms with Crippen molar-refractivity contribution in [1.29, 1.82) is 0 Å². The zero-order valence-corrected chi connectivity index (χ0v) is 14.5. The highest BCUT2D eigenvalue weighted by atomic mass is 16.5. The van der Waals surface area contributed by atoms with E-state index in [-0.39, 0.29) is 5.91 Å². The van der Waals surface area contributed by atoms with Crippen LogP contribution in [0.1, 0.15) is 48.4 Å². The number of aryl methyl sites for hydroxylation is 1. The van der Waals surface area contributed by atoms with Crippen molar-refractivity contribution in [2.24, 2.45) is 0 Å². The van der Waals surface area contributed by atoms with Crippen LogP contribution in [0.2, 0.25) is 0 Å².